The van der Waals surface area contributed by atoms with Gasteiger partial charge in [0.2, 0.25) is 0 Å². The van der Waals surface area contributed by atoms with Gasteiger partial charge in [-0.25, -0.2) is 0 Å². The zero-order valence-electron chi connectivity index (χ0n) is 12.9. The van der Waals surface area contributed by atoms with Crippen LogP contribution in [0.4, 0.5) is 0 Å². The Bertz CT molecular complexity index is 394. The largest absolute Gasteiger partial charge is 0.312 e. The average molecular weight is 342 g/mol. The SMILES string of the molecule is CCCn1ncc(Br)c1C(CC1CCCCCC1)NC. The van der Waals surface area contributed by atoms with Gasteiger partial charge in [-0.05, 0) is 41.7 Å². The Kier molecular flexibility index (Phi) is 6.56. The van der Waals surface area contributed by atoms with Crippen LogP contribution in [0.5, 0.6) is 0 Å². The predicted octanol–water partition coefficient (Wildman–Crippen LogP) is 4.68. The summed E-state index contributed by atoms with van der Waals surface area (Å²) in [5.41, 5.74) is 1.33. The van der Waals surface area contributed by atoms with E-state index < -0.39 is 0 Å². The molecule has 1 aromatic rings. The quantitative estimate of drug-likeness (QED) is 0.761. The molecule has 0 spiro atoms. The lowest BCUT2D eigenvalue weighted by molar-refractivity contribution is 0.353. The van der Waals surface area contributed by atoms with E-state index in [-0.39, 0.29) is 0 Å². The molecule has 2 rings (SSSR count). The number of rotatable bonds is 6. The summed E-state index contributed by atoms with van der Waals surface area (Å²) in [5.74, 6) is 0.867. The first-order chi connectivity index (χ1) is 9.76. The Morgan fingerprint density at radius 3 is 2.65 bits per heavy atom. The summed E-state index contributed by atoms with van der Waals surface area (Å²) < 4.78 is 3.32. The molecule has 1 saturated carbocycles. The van der Waals surface area contributed by atoms with Gasteiger partial charge >= 0.3 is 0 Å². The summed E-state index contributed by atoms with van der Waals surface area (Å²) in [5, 5.41) is 8.04. The van der Waals surface area contributed by atoms with Gasteiger partial charge in [0.15, 0.2) is 0 Å². The predicted molar refractivity (Wildman–Crippen MR) is 87.8 cm³/mol. The van der Waals surface area contributed by atoms with Crippen LogP contribution in [0.2, 0.25) is 0 Å². The molecule has 3 nitrogen and oxygen atoms in total. The van der Waals surface area contributed by atoms with Crippen molar-refractivity contribution >= 4 is 15.9 Å². The van der Waals surface area contributed by atoms with Crippen LogP contribution in [-0.2, 0) is 6.54 Å². The zero-order chi connectivity index (χ0) is 14.4. The fourth-order valence-corrected chi connectivity index (χ4v) is 3.98. The number of hydrogen-bond donors (Lipinski definition) is 1. The highest BCUT2D eigenvalue weighted by atomic mass is 79.9. The van der Waals surface area contributed by atoms with E-state index in [2.05, 4.69) is 45.0 Å². The first-order valence-electron chi connectivity index (χ1n) is 8.14. The molecular weight excluding hydrogens is 314 g/mol. The lowest BCUT2D eigenvalue weighted by Crippen LogP contribution is -2.23. The molecule has 1 aromatic heterocycles. The molecule has 0 bridgehead atoms. The molecule has 1 atom stereocenters. The van der Waals surface area contributed by atoms with Gasteiger partial charge in [0.05, 0.1) is 22.4 Å². The second-order valence-electron chi connectivity index (χ2n) is 6.04. The lowest BCUT2D eigenvalue weighted by atomic mass is 9.91. The van der Waals surface area contributed by atoms with E-state index in [1.54, 1.807) is 0 Å². The average Bonchev–Trinajstić information content (AvgIpc) is 2.67. The van der Waals surface area contributed by atoms with Crippen molar-refractivity contribution in [3.63, 3.8) is 0 Å². The first kappa shape index (κ1) is 16.0. The van der Waals surface area contributed by atoms with E-state index in [1.807, 2.05) is 6.20 Å². The molecule has 20 heavy (non-hydrogen) atoms. The van der Waals surface area contributed by atoms with Crippen LogP contribution >= 0.6 is 15.9 Å². The van der Waals surface area contributed by atoms with Crippen LogP contribution in [0.25, 0.3) is 0 Å². The molecule has 0 saturated heterocycles. The first-order valence-corrected chi connectivity index (χ1v) is 8.94. The fourth-order valence-electron chi connectivity index (χ4n) is 3.41. The van der Waals surface area contributed by atoms with Gasteiger partial charge in [0.25, 0.3) is 0 Å². The van der Waals surface area contributed by atoms with Crippen molar-refractivity contribution in [3.8, 4) is 0 Å². The molecule has 1 aliphatic rings. The van der Waals surface area contributed by atoms with E-state index in [4.69, 9.17) is 0 Å². The number of aromatic nitrogens is 2. The fraction of sp³-hybridized carbons (Fsp3) is 0.812. The van der Waals surface area contributed by atoms with E-state index in [0.29, 0.717) is 6.04 Å². The molecule has 1 aliphatic carbocycles. The molecule has 4 heteroatoms. The molecule has 1 heterocycles. The van der Waals surface area contributed by atoms with E-state index in [9.17, 15) is 0 Å². The van der Waals surface area contributed by atoms with E-state index in [1.165, 1.54) is 50.6 Å². The van der Waals surface area contributed by atoms with Crippen molar-refractivity contribution in [1.82, 2.24) is 15.1 Å². The second-order valence-corrected chi connectivity index (χ2v) is 6.89. The third-order valence-electron chi connectivity index (χ3n) is 4.49. The summed E-state index contributed by atoms with van der Waals surface area (Å²) in [6, 6.07) is 0.418. The maximum absolute atomic E-state index is 4.52. The third-order valence-corrected chi connectivity index (χ3v) is 5.10. The Labute approximate surface area is 131 Å². The standard InChI is InChI=1S/C16H28BrN3/c1-3-10-20-16(14(17)12-19-20)15(18-2)11-13-8-6-4-5-7-9-13/h12-13,15,18H,3-11H2,1-2H3. The molecule has 1 fully saturated rings. The van der Waals surface area contributed by atoms with Crippen LogP contribution in [0, 0.1) is 5.92 Å². The number of halogens is 1. The number of aryl methyl sites for hydroxylation is 1. The molecule has 0 amide bonds. The van der Waals surface area contributed by atoms with Crippen molar-refractivity contribution in [2.75, 3.05) is 7.05 Å². The Morgan fingerprint density at radius 2 is 2.05 bits per heavy atom. The normalized spacial score (nSPS) is 18.9. The number of hydrogen-bond acceptors (Lipinski definition) is 2. The number of nitrogens with one attached hydrogen (secondary N) is 1. The monoisotopic (exact) mass is 341 g/mol. The minimum absolute atomic E-state index is 0.418. The van der Waals surface area contributed by atoms with Gasteiger partial charge in [-0.1, -0.05) is 45.4 Å². The van der Waals surface area contributed by atoms with Gasteiger partial charge in [-0.3, -0.25) is 4.68 Å². The van der Waals surface area contributed by atoms with Gasteiger partial charge in [0.1, 0.15) is 0 Å². The van der Waals surface area contributed by atoms with Gasteiger partial charge in [-0.15, -0.1) is 0 Å². The highest BCUT2D eigenvalue weighted by Gasteiger charge is 2.23. The number of nitrogens with zero attached hydrogens (tertiary/aromatic N) is 2. The van der Waals surface area contributed by atoms with Crippen LogP contribution in [0.1, 0.15) is 70.0 Å². The Morgan fingerprint density at radius 1 is 1.35 bits per heavy atom. The maximum Gasteiger partial charge on any atom is 0.0695 e. The van der Waals surface area contributed by atoms with Crippen molar-refractivity contribution < 1.29 is 0 Å². The minimum atomic E-state index is 0.418. The Balaban J connectivity index is 2.08. The summed E-state index contributed by atoms with van der Waals surface area (Å²) in [7, 11) is 2.08. The molecular formula is C16H28BrN3. The van der Waals surface area contributed by atoms with Crippen molar-refractivity contribution in [1.29, 1.82) is 0 Å². The molecule has 1 unspecified atom stereocenters. The molecule has 0 radical (unpaired) electrons. The summed E-state index contributed by atoms with van der Waals surface area (Å²) >= 11 is 3.69. The summed E-state index contributed by atoms with van der Waals surface area (Å²) in [6.45, 7) is 3.21. The van der Waals surface area contributed by atoms with Crippen molar-refractivity contribution in [3.05, 3.63) is 16.4 Å². The highest BCUT2D eigenvalue weighted by molar-refractivity contribution is 9.10. The maximum atomic E-state index is 4.52. The summed E-state index contributed by atoms with van der Waals surface area (Å²) in [6.07, 6.45) is 12.8. The summed E-state index contributed by atoms with van der Waals surface area (Å²) in [4.78, 5) is 0. The molecule has 114 valence electrons. The molecule has 0 aromatic carbocycles. The van der Waals surface area contributed by atoms with E-state index >= 15 is 0 Å². The van der Waals surface area contributed by atoms with E-state index in [0.717, 1.165) is 23.4 Å². The third kappa shape index (κ3) is 4.08. The smallest absolute Gasteiger partial charge is 0.0695 e. The van der Waals surface area contributed by atoms with Crippen LogP contribution in [0.15, 0.2) is 10.7 Å². The highest BCUT2D eigenvalue weighted by Crippen LogP contribution is 2.33. The van der Waals surface area contributed by atoms with Gasteiger partial charge < -0.3 is 5.32 Å². The van der Waals surface area contributed by atoms with Gasteiger partial charge in [0, 0.05) is 6.54 Å². The van der Waals surface area contributed by atoms with Crippen molar-refractivity contribution in [2.24, 2.45) is 5.92 Å². The van der Waals surface area contributed by atoms with Crippen LogP contribution in [0.3, 0.4) is 0 Å². The van der Waals surface area contributed by atoms with Crippen molar-refractivity contribution in [2.45, 2.75) is 70.9 Å². The zero-order valence-corrected chi connectivity index (χ0v) is 14.5. The topological polar surface area (TPSA) is 29.9 Å². The molecule has 1 N–H and O–H groups in total. The van der Waals surface area contributed by atoms with Gasteiger partial charge in [-0.2, -0.15) is 5.10 Å². The van der Waals surface area contributed by atoms with Crippen LogP contribution in [-0.4, -0.2) is 16.8 Å². The minimum Gasteiger partial charge on any atom is -0.312 e. The molecule has 0 aliphatic heterocycles. The lowest BCUT2D eigenvalue weighted by Gasteiger charge is -2.23. The second kappa shape index (κ2) is 8.18. The van der Waals surface area contributed by atoms with Crippen LogP contribution < -0.4 is 5.32 Å². The Hall–Kier alpha value is -0.350.